The second-order valence-electron chi connectivity index (χ2n) is 7.73. The summed E-state index contributed by atoms with van der Waals surface area (Å²) in [6.07, 6.45) is 0. The molecule has 0 saturated carbocycles. The Morgan fingerprint density at radius 1 is 0.806 bits per heavy atom. The Morgan fingerprint density at radius 3 is 1.94 bits per heavy atom. The van der Waals surface area contributed by atoms with E-state index >= 15 is 0 Å². The van der Waals surface area contributed by atoms with Crippen molar-refractivity contribution < 1.29 is 14.4 Å². The van der Waals surface area contributed by atoms with Crippen LogP contribution in [0.5, 0.6) is 0 Å². The lowest BCUT2D eigenvalue weighted by Gasteiger charge is -2.15. The average molecular weight is 413 g/mol. The minimum absolute atomic E-state index is 0.214. The highest BCUT2D eigenvalue weighted by atomic mass is 16.2. The van der Waals surface area contributed by atoms with Crippen molar-refractivity contribution in [2.24, 2.45) is 0 Å². The summed E-state index contributed by atoms with van der Waals surface area (Å²) in [5.41, 5.74) is 3.92. The van der Waals surface area contributed by atoms with E-state index < -0.39 is 0 Å². The fourth-order valence-electron chi connectivity index (χ4n) is 3.69. The van der Waals surface area contributed by atoms with Gasteiger partial charge in [-0.3, -0.25) is 14.4 Å². The Hall–Kier alpha value is -3.77. The summed E-state index contributed by atoms with van der Waals surface area (Å²) >= 11 is 0. The third kappa shape index (κ3) is 4.11. The number of rotatable bonds is 6. The number of benzene rings is 3. The Labute approximate surface area is 181 Å². The van der Waals surface area contributed by atoms with Crippen molar-refractivity contribution in [1.82, 2.24) is 10.2 Å². The van der Waals surface area contributed by atoms with Gasteiger partial charge in [-0.1, -0.05) is 36.4 Å². The predicted molar refractivity (Wildman–Crippen MR) is 119 cm³/mol. The van der Waals surface area contributed by atoms with Crippen molar-refractivity contribution >= 4 is 23.4 Å². The Morgan fingerprint density at radius 2 is 1.35 bits per heavy atom. The van der Waals surface area contributed by atoms with Gasteiger partial charge in [-0.15, -0.1) is 0 Å². The zero-order chi connectivity index (χ0) is 22.0. The third-order valence-corrected chi connectivity index (χ3v) is 5.23. The van der Waals surface area contributed by atoms with Crippen LogP contribution in [-0.4, -0.2) is 36.7 Å². The number of carbonyl (C=O) groups excluding carboxylic acids is 3. The summed E-state index contributed by atoms with van der Waals surface area (Å²) in [5, 5.41) is 2.94. The molecule has 1 N–H and O–H groups in total. The van der Waals surface area contributed by atoms with Gasteiger partial charge < -0.3 is 10.2 Å². The molecule has 1 heterocycles. The van der Waals surface area contributed by atoms with E-state index in [1.807, 2.05) is 32.3 Å². The molecule has 31 heavy (non-hydrogen) atoms. The Kier molecular flexibility index (Phi) is 5.64. The number of nitrogens with zero attached hydrogens (tertiary/aromatic N) is 2. The van der Waals surface area contributed by atoms with Crippen molar-refractivity contribution in [1.29, 1.82) is 0 Å². The molecule has 0 spiro atoms. The Balaban J connectivity index is 1.45. The zero-order valence-electron chi connectivity index (χ0n) is 17.5. The van der Waals surface area contributed by atoms with Gasteiger partial charge in [-0.25, -0.2) is 4.90 Å². The summed E-state index contributed by atoms with van der Waals surface area (Å²) in [6, 6.07) is 21.3. The summed E-state index contributed by atoms with van der Waals surface area (Å²) in [4.78, 5) is 41.1. The van der Waals surface area contributed by atoms with Crippen LogP contribution in [0.15, 0.2) is 72.8 Å². The number of carbonyl (C=O) groups is 3. The first-order chi connectivity index (χ1) is 15.0. The van der Waals surface area contributed by atoms with Crippen molar-refractivity contribution in [2.45, 2.75) is 13.1 Å². The molecule has 3 aromatic rings. The number of nitrogens with one attached hydrogen (secondary N) is 1. The SMILES string of the molecule is CN(C)Cc1ccccc1CNC(=O)c1ccc(N2C(=O)c3ccccc3C2=O)cc1. The molecular formula is C25H23N3O3. The molecule has 6 heteroatoms. The zero-order valence-corrected chi connectivity index (χ0v) is 17.5. The van der Waals surface area contributed by atoms with E-state index in [0.717, 1.165) is 22.6 Å². The van der Waals surface area contributed by atoms with Crippen molar-refractivity contribution in [3.8, 4) is 0 Å². The molecule has 0 atom stereocenters. The molecule has 0 radical (unpaired) electrons. The van der Waals surface area contributed by atoms with Crippen molar-refractivity contribution in [2.75, 3.05) is 19.0 Å². The van der Waals surface area contributed by atoms with Gasteiger partial charge in [0.15, 0.2) is 0 Å². The van der Waals surface area contributed by atoms with Crippen LogP contribution in [0.3, 0.4) is 0 Å². The molecule has 0 bridgehead atoms. The molecule has 3 aromatic carbocycles. The minimum Gasteiger partial charge on any atom is -0.348 e. The van der Waals surface area contributed by atoms with Crippen LogP contribution in [0.4, 0.5) is 5.69 Å². The van der Waals surface area contributed by atoms with Crippen LogP contribution in [0.1, 0.15) is 42.2 Å². The van der Waals surface area contributed by atoms with Crippen LogP contribution in [0, 0.1) is 0 Å². The first-order valence-electron chi connectivity index (χ1n) is 10.0. The Bertz CT molecular complexity index is 1120. The van der Waals surface area contributed by atoms with Gasteiger partial charge in [0.2, 0.25) is 0 Å². The molecule has 0 unspecified atom stereocenters. The first-order valence-corrected chi connectivity index (χ1v) is 10.0. The maximum Gasteiger partial charge on any atom is 0.266 e. The highest BCUT2D eigenvalue weighted by Crippen LogP contribution is 2.28. The van der Waals surface area contributed by atoms with E-state index in [-0.39, 0.29) is 17.7 Å². The molecule has 3 amide bonds. The van der Waals surface area contributed by atoms with Gasteiger partial charge in [-0.05, 0) is 61.6 Å². The first kappa shape index (κ1) is 20.5. The third-order valence-electron chi connectivity index (χ3n) is 5.23. The maximum atomic E-state index is 12.6. The van der Waals surface area contributed by atoms with Gasteiger partial charge in [-0.2, -0.15) is 0 Å². The van der Waals surface area contributed by atoms with Crippen LogP contribution >= 0.6 is 0 Å². The summed E-state index contributed by atoms with van der Waals surface area (Å²) in [5.74, 6) is -0.917. The van der Waals surface area contributed by atoms with E-state index in [1.165, 1.54) is 0 Å². The summed E-state index contributed by atoms with van der Waals surface area (Å²) in [6.45, 7) is 1.21. The summed E-state index contributed by atoms with van der Waals surface area (Å²) in [7, 11) is 4.01. The molecular weight excluding hydrogens is 390 g/mol. The monoisotopic (exact) mass is 413 g/mol. The topological polar surface area (TPSA) is 69.7 Å². The summed E-state index contributed by atoms with van der Waals surface area (Å²) < 4.78 is 0. The van der Waals surface area contributed by atoms with Crippen LogP contribution in [0.25, 0.3) is 0 Å². The number of imide groups is 1. The van der Waals surface area contributed by atoms with Gasteiger partial charge in [0, 0.05) is 18.7 Å². The molecule has 1 aliphatic rings. The predicted octanol–water partition coefficient (Wildman–Crippen LogP) is 3.48. The lowest BCUT2D eigenvalue weighted by atomic mass is 10.1. The van der Waals surface area contributed by atoms with Gasteiger partial charge in [0.05, 0.1) is 16.8 Å². The molecule has 0 saturated heterocycles. The van der Waals surface area contributed by atoms with Crippen LogP contribution in [0.2, 0.25) is 0 Å². The minimum atomic E-state index is -0.352. The highest BCUT2D eigenvalue weighted by Gasteiger charge is 2.36. The second kappa shape index (κ2) is 8.53. The molecule has 4 rings (SSSR count). The lowest BCUT2D eigenvalue weighted by Crippen LogP contribution is -2.29. The fourth-order valence-corrected chi connectivity index (χ4v) is 3.69. The van der Waals surface area contributed by atoms with Crippen molar-refractivity contribution in [3.63, 3.8) is 0 Å². The van der Waals surface area contributed by atoms with Gasteiger partial charge >= 0.3 is 0 Å². The molecule has 0 aromatic heterocycles. The van der Waals surface area contributed by atoms with Gasteiger partial charge in [0.1, 0.15) is 0 Å². The second-order valence-corrected chi connectivity index (χ2v) is 7.73. The molecule has 6 nitrogen and oxygen atoms in total. The molecule has 156 valence electrons. The lowest BCUT2D eigenvalue weighted by molar-refractivity contribution is 0.0923. The largest absolute Gasteiger partial charge is 0.348 e. The standard InChI is InChI=1S/C25H23N3O3/c1-27(2)16-19-8-4-3-7-18(19)15-26-23(29)17-11-13-20(14-12-17)28-24(30)21-9-5-6-10-22(21)25(28)31/h3-14H,15-16H2,1-2H3,(H,26,29). The van der Waals surface area contributed by atoms with E-state index in [9.17, 15) is 14.4 Å². The van der Waals surface area contributed by atoms with Crippen LogP contribution < -0.4 is 10.2 Å². The van der Waals surface area contributed by atoms with E-state index in [2.05, 4.69) is 16.3 Å². The number of hydrogen-bond donors (Lipinski definition) is 1. The average Bonchev–Trinajstić information content (AvgIpc) is 3.03. The smallest absolute Gasteiger partial charge is 0.266 e. The number of hydrogen-bond acceptors (Lipinski definition) is 4. The van der Waals surface area contributed by atoms with E-state index in [4.69, 9.17) is 0 Å². The van der Waals surface area contributed by atoms with Crippen LogP contribution in [-0.2, 0) is 13.1 Å². The van der Waals surface area contributed by atoms with E-state index in [1.54, 1.807) is 48.5 Å². The molecule has 0 fully saturated rings. The van der Waals surface area contributed by atoms with Crippen molar-refractivity contribution in [3.05, 3.63) is 101 Å². The number of fused-ring (bicyclic) bond motifs is 1. The fraction of sp³-hybridized carbons (Fsp3) is 0.160. The highest BCUT2D eigenvalue weighted by molar-refractivity contribution is 6.34. The van der Waals surface area contributed by atoms with Gasteiger partial charge in [0.25, 0.3) is 17.7 Å². The number of anilines is 1. The molecule has 0 aliphatic carbocycles. The quantitative estimate of drug-likeness (QED) is 0.628. The maximum absolute atomic E-state index is 12.6. The number of amides is 3. The molecule has 1 aliphatic heterocycles. The van der Waals surface area contributed by atoms with E-state index in [0.29, 0.717) is 28.9 Å². The normalized spacial score (nSPS) is 12.9.